The number of amides is 1. The molecule has 0 atom stereocenters. The average Bonchev–Trinajstić information content (AvgIpc) is 2.43. The fourth-order valence-electron chi connectivity index (χ4n) is 2.46. The lowest BCUT2D eigenvalue weighted by atomic mass is 9.93. The minimum atomic E-state index is 0.0442. The van der Waals surface area contributed by atoms with Crippen LogP contribution in [0.4, 0.5) is 0 Å². The van der Waals surface area contributed by atoms with Crippen molar-refractivity contribution in [3.8, 4) is 0 Å². The van der Waals surface area contributed by atoms with Gasteiger partial charge in [0.2, 0.25) is 5.91 Å². The zero-order chi connectivity index (χ0) is 14.7. The summed E-state index contributed by atoms with van der Waals surface area (Å²) in [5.41, 5.74) is 0.850. The van der Waals surface area contributed by atoms with E-state index >= 15 is 0 Å². The van der Waals surface area contributed by atoms with Crippen molar-refractivity contribution in [2.24, 2.45) is 0 Å². The first kappa shape index (κ1) is 15.3. The smallest absolute Gasteiger partial charge is 0.226 e. The van der Waals surface area contributed by atoms with Crippen molar-refractivity contribution in [2.45, 2.75) is 38.1 Å². The SMILES string of the molecule is CN(C(=O)Cc1ccc(Cl)c(Cl)c1)C1CCC(=O)CC1. The van der Waals surface area contributed by atoms with E-state index < -0.39 is 0 Å². The number of ketones is 1. The van der Waals surface area contributed by atoms with Gasteiger partial charge in [-0.15, -0.1) is 0 Å². The molecule has 0 aromatic heterocycles. The van der Waals surface area contributed by atoms with Gasteiger partial charge < -0.3 is 4.90 Å². The highest BCUT2D eigenvalue weighted by Gasteiger charge is 2.25. The van der Waals surface area contributed by atoms with Gasteiger partial charge in [-0.2, -0.15) is 0 Å². The maximum Gasteiger partial charge on any atom is 0.226 e. The number of Topliss-reactive ketones (excluding diaryl/α,β-unsaturated/α-hetero) is 1. The number of nitrogens with zero attached hydrogens (tertiary/aromatic N) is 1. The highest BCUT2D eigenvalue weighted by atomic mass is 35.5. The molecule has 1 aliphatic carbocycles. The molecule has 0 bridgehead atoms. The van der Waals surface area contributed by atoms with Gasteiger partial charge in [0.05, 0.1) is 16.5 Å². The normalized spacial score (nSPS) is 16.2. The van der Waals surface area contributed by atoms with E-state index in [0.717, 1.165) is 18.4 Å². The van der Waals surface area contributed by atoms with Crippen LogP contribution in [-0.4, -0.2) is 29.7 Å². The topological polar surface area (TPSA) is 37.4 Å². The second-order valence-electron chi connectivity index (χ2n) is 5.20. The van der Waals surface area contributed by atoms with E-state index in [1.165, 1.54) is 0 Å². The van der Waals surface area contributed by atoms with Crippen molar-refractivity contribution in [2.75, 3.05) is 7.05 Å². The second-order valence-corrected chi connectivity index (χ2v) is 6.01. The molecule has 5 heteroatoms. The molecule has 1 fully saturated rings. The Labute approximate surface area is 128 Å². The Kier molecular flexibility index (Phi) is 5.06. The van der Waals surface area contributed by atoms with Crippen LogP contribution in [0.1, 0.15) is 31.2 Å². The van der Waals surface area contributed by atoms with Crippen LogP contribution in [0.5, 0.6) is 0 Å². The maximum absolute atomic E-state index is 12.3. The predicted octanol–water partition coefficient (Wildman–Crippen LogP) is 3.51. The first-order valence-corrected chi connectivity index (χ1v) is 7.44. The average molecular weight is 314 g/mol. The van der Waals surface area contributed by atoms with E-state index in [4.69, 9.17) is 23.2 Å². The summed E-state index contributed by atoms with van der Waals surface area (Å²) < 4.78 is 0. The first-order valence-electron chi connectivity index (χ1n) is 6.68. The molecule has 0 aliphatic heterocycles. The lowest BCUT2D eigenvalue weighted by Gasteiger charge is -2.30. The van der Waals surface area contributed by atoms with Gasteiger partial charge in [0, 0.05) is 25.9 Å². The molecular weight excluding hydrogens is 297 g/mol. The highest BCUT2D eigenvalue weighted by Crippen LogP contribution is 2.24. The van der Waals surface area contributed by atoms with Gasteiger partial charge in [0.15, 0.2) is 0 Å². The lowest BCUT2D eigenvalue weighted by molar-refractivity contribution is -0.133. The number of carbonyl (C=O) groups excluding carboxylic acids is 2. The largest absolute Gasteiger partial charge is 0.342 e. The van der Waals surface area contributed by atoms with Gasteiger partial charge in [-0.25, -0.2) is 0 Å². The molecule has 1 aromatic rings. The Hall–Kier alpha value is -1.06. The van der Waals surface area contributed by atoms with E-state index in [2.05, 4.69) is 0 Å². The predicted molar refractivity (Wildman–Crippen MR) is 80.2 cm³/mol. The summed E-state index contributed by atoms with van der Waals surface area (Å²) in [6.07, 6.45) is 2.99. The summed E-state index contributed by atoms with van der Waals surface area (Å²) in [6.45, 7) is 0. The van der Waals surface area contributed by atoms with Crippen LogP contribution >= 0.6 is 23.2 Å². The quantitative estimate of drug-likeness (QED) is 0.856. The third kappa shape index (κ3) is 3.74. The molecule has 0 unspecified atom stereocenters. The van der Waals surface area contributed by atoms with Crippen LogP contribution in [0.25, 0.3) is 0 Å². The van der Waals surface area contributed by atoms with Gasteiger partial charge in [-0.05, 0) is 30.5 Å². The standard InChI is InChI=1S/C15H17Cl2NO2/c1-18(11-3-5-12(19)6-4-11)15(20)9-10-2-7-13(16)14(17)8-10/h2,7-8,11H,3-6,9H2,1H3. The Bertz CT molecular complexity index is 521. The summed E-state index contributed by atoms with van der Waals surface area (Å²) in [6, 6.07) is 5.40. The van der Waals surface area contributed by atoms with Crippen molar-refractivity contribution in [1.29, 1.82) is 0 Å². The summed E-state index contributed by atoms with van der Waals surface area (Å²) in [5, 5.41) is 0.949. The number of carbonyl (C=O) groups is 2. The minimum Gasteiger partial charge on any atom is -0.342 e. The van der Waals surface area contributed by atoms with Crippen LogP contribution in [0, 0.1) is 0 Å². The van der Waals surface area contributed by atoms with E-state index in [1.54, 1.807) is 24.1 Å². The molecule has 108 valence electrons. The van der Waals surface area contributed by atoms with Crippen LogP contribution in [0.15, 0.2) is 18.2 Å². The fourth-order valence-corrected chi connectivity index (χ4v) is 2.79. The Balaban J connectivity index is 1.96. The number of hydrogen-bond donors (Lipinski definition) is 0. The van der Waals surface area contributed by atoms with E-state index in [-0.39, 0.29) is 11.9 Å². The summed E-state index contributed by atoms with van der Waals surface area (Å²) in [5.74, 6) is 0.342. The van der Waals surface area contributed by atoms with Gasteiger partial charge in [0.25, 0.3) is 0 Å². The second kappa shape index (κ2) is 6.59. The molecule has 1 aliphatic rings. The van der Waals surface area contributed by atoms with E-state index in [0.29, 0.717) is 35.1 Å². The van der Waals surface area contributed by atoms with Gasteiger partial charge in [-0.1, -0.05) is 29.3 Å². The van der Waals surface area contributed by atoms with E-state index in [9.17, 15) is 9.59 Å². The number of hydrogen-bond acceptors (Lipinski definition) is 2. The van der Waals surface area contributed by atoms with Gasteiger partial charge in [-0.3, -0.25) is 9.59 Å². The van der Waals surface area contributed by atoms with E-state index in [1.807, 2.05) is 6.07 Å². The zero-order valence-corrected chi connectivity index (χ0v) is 12.9. The molecule has 3 nitrogen and oxygen atoms in total. The maximum atomic E-state index is 12.3. The molecule has 2 rings (SSSR count). The zero-order valence-electron chi connectivity index (χ0n) is 11.4. The third-order valence-electron chi connectivity index (χ3n) is 3.79. The number of likely N-dealkylation sites (N-methyl/N-ethyl adjacent to an activating group) is 1. The van der Waals surface area contributed by atoms with Crippen LogP contribution in [-0.2, 0) is 16.0 Å². The highest BCUT2D eigenvalue weighted by molar-refractivity contribution is 6.42. The molecule has 0 saturated heterocycles. The number of rotatable bonds is 3. The van der Waals surface area contributed by atoms with Crippen molar-refractivity contribution in [1.82, 2.24) is 4.90 Å². The Morgan fingerprint density at radius 1 is 1.25 bits per heavy atom. The van der Waals surface area contributed by atoms with Crippen molar-refractivity contribution >= 4 is 34.9 Å². The Morgan fingerprint density at radius 3 is 2.50 bits per heavy atom. The Morgan fingerprint density at radius 2 is 1.90 bits per heavy atom. The summed E-state index contributed by atoms with van der Waals surface area (Å²) in [4.78, 5) is 25.2. The van der Waals surface area contributed by atoms with Gasteiger partial charge >= 0.3 is 0 Å². The first-order chi connectivity index (χ1) is 9.47. The summed E-state index contributed by atoms with van der Waals surface area (Å²) in [7, 11) is 1.81. The van der Waals surface area contributed by atoms with Crippen molar-refractivity contribution in [3.63, 3.8) is 0 Å². The molecule has 0 heterocycles. The molecule has 0 spiro atoms. The number of halogens is 2. The molecule has 1 aromatic carbocycles. The van der Waals surface area contributed by atoms with Gasteiger partial charge in [0.1, 0.15) is 5.78 Å². The molecule has 0 radical (unpaired) electrons. The molecule has 20 heavy (non-hydrogen) atoms. The molecular formula is C15H17Cl2NO2. The van der Waals surface area contributed by atoms with Crippen molar-refractivity contribution < 1.29 is 9.59 Å². The summed E-state index contributed by atoms with van der Waals surface area (Å²) >= 11 is 11.8. The number of benzene rings is 1. The van der Waals surface area contributed by atoms with Crippen LogP contribution in [0.3, 0.4) is 0 Å². The lowest BCUT2D eigenvalue weighted by Crippen LogP contribution is -2.40. The van der Waals surface area contributed by atoms with Crippen molar-refractivity contribution in [3.05, 3.63) is 33.8 Å². The van der Waals surface area contributed by atoms with Crippen LogP contribution < -0.4 is 0 Å². The molecule has 1 amide bonds. The monoisotopic (exact) mass is 313 g/mol. The molecule has 1 saturated carbocycles. The van der Waals surface area contributed by atoms with Crippen LogP contribution in [0.2, 0.25) is 10.0 Å². The molecule has 0 N–H and O–H groups in total. The minimum absolute atomic E-state index is 0.0442. The third-order valence-corrected chi connectivity index (χ3v) is 4.53. The fraction of sp³-hybridized carbons (Fsp3) is 0.467.